The zero-order valence-corrected chi connectivity index (χ0v) is 7.24. The van der Waals surface area contributed by atoms with E-state index < -0.39 is 0 Å². The van der Waals surface area contributed by atoms with Crippen LogP contribution in [0.4, 0.5) is 5.13 Å². The molecule has 1 aromatic rings. The first-order valence-electron chi connectivity index (χ1n) is 3.18. The average molecular weight is 166 g/mol. The lowest BCUT2D eigenvalue weighted by molar-refractivity contribution is 1.33. The zero-order chi connectivity index (χ0) is 8.43. The Morgan fingerprint density at radius 3 is 2.73 bits per heavy atom. The topological polar surface area (TPSA) is 38.9 Å². The number of hydrogen-bond donors (Lipinski definition) is 1. The molecule has 58 valence electrons. The van der Waals surface area contributed by atoms with Crippen LogP contribution in [0.3, 0.4) is 0 Å². The van der Waals surface area contributed by atoms with Crippen LogP contribution in [-0.2, 0) is 0 Å². The second-order valence-corrected chi connectivity index (χ2v) is 3.42. The Labute approximate surface area is 69.4 Å². The van der Waals surface area contributed by atoms with Crippen LogP contribution in [0.5, 0.6) is 0 Å². The van der Waals surface area contributed by atoms with Crippen LogP contribution in [0.25, 0.3) is 12.7 Å². The van der Waals surface area contributed by atoms with Crippen molar-refractivity contribution in [1.29, 1.82) is 0 Å². The summed E-state index contributed by atoms with van der Waals surface area (Å²) in [6, 6.07) is 0. The number of nitrogen functional groups attached to an aromatic ring is 1. The Morgan fingerprint density at radius 2 is 2.36 bits per heavy atom. The standard InChI is InChI=1S/C8H10N2S/c1-5(2)4-7-6(3)10-8(9)11-7/h4H,1,3H2,2H3,(H2,9,10)/b7-4+. The van der Waals surface area contributed by atoms with E-state index in [1.807, 2.05) is 13.0 Å². The first-order valence-corrected chi connectivity index (χ1v) is 4.00. The fourth-order valence-electron chi connectivity index (χ4n) is 0.719. The van der Waals surface area contributed by atoms with Gasteiger partial charge in [0.05, 0.1) is 9.88 Å². The number of allylic oxidation sites excluding steroid dienone is 1. The third-order valence-electron chi connectivity index (χ3n) is 1.12. The van der Waals surface area contributed by atoms with E-state index in [9.17, 15) is 0 Å². The molecule has 0 radical (unpaired) electrons. The summed E-state index contributed by atoms with van der Waals surface area (Å²) in [5.74, 6) is 0. The molecular formula is C8H10N2S. The molecule has 0 aliphatic rings. The Hall–Kier alpha value is -1.09. The number of nitrogens with two attached hydrogens (primary N) is 1. The largest absolute Gasteiger partial charge is 0.375 e. The molecule has 0 saturated carbocycles. The Bertz CT molecular complexity index is 375. The van der Waals surface area contributed by atoms with E-state index in [1.165, 1.54) is 11.3 Å². The summed E-state index contributed by atoms with van der Waals surface area (Å²) in [5.41, 5.74) is 6.46. The summed E-state index contributed by atoms with van der Waals surface area (Å²) >= 11 is 1.43. The summed E-state index contributed by atoms with van der Waals surface area (Å²) in [5, 5.41) is 1.29. The van der Waals surface area contributed by atoms with Crippen molar-refractivity contribution in [3.8, 4) is 0 Å². The summed E-state index contributed by atoms with van der Waals surface area (Å²) in [6.07, 6.45) is 1.93. The number of rotatable bonds is 1. The molecule has 0 aromatic carbocycles. The minimum atomic E-state index is 0.558. The number of aromatic nitrogens is 1. The quantitative estimate of drug-likeness (QED) is 0.659. The van der Waals surface area contributed by atoms with E-state index in [2.05, 4.69) is 18.1 Å². The van der Waals surface area contributed by atoms with E-state index in [0.717, 1.165) is 15.5 Å². The second kappa shape index (κ2) is 2.88. The summed E-state index contributed by atoms with van der Waals surface area (Å²) < 4.78 is 0.995. The van der Waals surface area contributed by atoms with Crippen molar-refractivity contribution in [3.05, 3.63) is 22.0 Å². The van der Waals surface area contributed by atoms with Crippen LogP contribution in [0.2, 0.25) is 0 Å². The fourth-order valence-corrected chi connectivity index (χ4v) is 1.52. The lowest BCUT2D eigenvalue weighted by atomic mass is 10.3. The van der Waals surface area contributed by atoms with Gasteiger partial charge in [0.25, 0.3) is 0 Å². The molecule has 1 rings (SSSR count). The van der Waals surface area contributed by atoms with Gasteiger partial charge in [-0.15, -0.1) is 0 Å². The van der Waals surface area contributed by atoms with Gasteiger partial charge in [-0.1, -0.05) is 30.1 Å². The van der Waals surface area contributed by atoms with E-state index >= 15 is 0 Å². The number of anilines is 1. The van der Waals surface area contributed by atoms with Crippen molar-refractivity contribution < 1.29 is 0 Å². The summed E-state index contributed by atoms with van der Waals surface area (Å²) in [6.45, 7) is 9.42. The fraction of sp³-hybridized carbons (Fsp3) is 0.125. The van der Waals surface area contributed by atoms with Gasteiger partial charge in [-0.05, 0) is 13.0 Å². The first-order chi connectivity index (χ1) is 5.09. The van der Waals surface area contributed by atoms with E-state index in [1.54, 1.807) is 0 Å². The smallest absolute Gasteiger partial charge is 0.181 e. The highest BCUT2D eigenvalue weighted by Gasteiger charge is 1.91. The zero-order valence-electron chi connectivity index (χ0n) is 6.42. The van der Waals surface area contributed by atoms with Gasteiger partial charge in [-0.25, -0.2) is 4.98 Å². The molecule has 0 bridgehead atoms. The monoisotopic (exact) mass is 166 g/mol. The highest BCUT2D eigenvalue weighted by Crippen LogP contribution is 1.96. The molecule has 0 unspecified atom stereocenters. The highest BCUT2D eigenvalue weighted by molar-refractivity contribution is 7.13. The maximum absolute atomic E-state index is 5.47. The Balaban J connectivity index is 3.35. The molecule has 0 saturated heterocycles. The molecule has 0 spiro atoms. The van der Waals surface area contributed by atoms with Gasteiger partial charge in [-0.3, -0.25) is 0 Å². The maximum atomic E-state index is 5.47. The molecule has 3 heteroatoms. The van der Waals surface area contributed by atoms with Gasteiger partial charge in [0.2, 0.25) is 0 Å². The summed E-state index contributed by atoms with van der Waals surface area (Å²) in [4.78, 5) is 3.98. The highest BCUT2D eigenvalue weighted by atomic mass is 32.1. The average Bonchev–Trinajstić information content (AvgIpc) is 2.09. The van der Waals surface area contributed by atoms with Gasteiger partial charge in [0.1, 0.15) is 0 Å². The van der Waals surface area contributed by atoms with Gasteiger partial charge in [0.15, 0.2) is 5.13 Å². The van der Waals surface area contributed by atoms with Crippen LogP contribution < -0.4 is 15.6 Å². The van der Waals surface area contributed by atoms with Crippen molar-refractivity contribution in [3.63, 3.8) is 0 Å². The van der Waals surface area contributed by atoms with Crippen molar-refractivity contribution in [2.45, 2.75) is 6.92 Å². The molecule has 11 heavy (non-hydrogen) atoms. The van der Waals surface area contributed by atoms with Crippen LogP contribution in [0.15, 0.2) is 12.2 Å². The predicted octanol–water partition coefficient (Wildman–Crippen LogP) is 0.492. The molecule has 1 aromatic heterocycles. The number of nitrogens with zero attached hydrogens (tertiary/aromatic N) is 1. The van der Waals surface area contributed by atoms with Crippen molar-refractivity contribution in [1.82, 2.24) is 4.98 Å². The molecule has 1 heterocycles. The minimum absolute atomic E-state index is 0.558. The third kappa shape index (κ3) is 1.91. The van der Waals surface area contributed by atoms with Crippen LogP contribution in [0.1, 0.15) is 6.92 Å². The van der Waals surface area contributed by atoms with Crippen molar-refractivity contribution >= 4 is 29.1 Å². The molecule has 0 atom stereocenters. The molecular weight excluding hydrogens is 156 g/mol. The molecule has 0 fully saturated rings. The molecule has 2 N–H and O–H groups in total. The maximum Gasteiger partial charge on any atom is 0.181 e. The van der Waals surface area contributed by atoms with Crippen LogP contribution in [0, 0.1) is 0 Å². The van der Waals surface area contributed by atoms with Gasteiger partial charge < -0.3 is 5.73 Å². The van der Waals surface area contributed by atoms with Crippen LogP contribution >= 0.6 is 11.3 Å². The van der Waals surface area contributed by atoms with Gasteiger partial charge >= 0.3 is 0 Å². The van der Waals surface area contributed by atoms with E-state index in [0.29, 0.717) is 5.13 Å². The van der Waals surface area contributed by atoms with Crippen molar-refractivity contribution in [2.75, 3.05) is 5.73 Å². The number of thiazole rings is 1. The molecule has 0 amide bonds. The van der Waals surface area contributed by atoms with Gasteiger partial charge in [0, 0.05) is 0 Å². The molecule has 0 aliphatic heterocycles. The molecule has 2 nitrogen and oxygen atoms in total. The first kappa shape index (κ1) is 8.01. The van der Waals surface area contributed by atoms with Crippen molar-refractivity contribution in [2.24, 2.45) is 0 Å². The Morgan fingerprint density at radius 1 is 1.73 bits per heavy atom. The van der Waals surface area contributed by atoms with Gasteiger partial charge in [-0.2, -0.15) is 0 Å². The van der Waals surface area contributed by atoms with Crippen LogP contribution in [-0.4, -0.2) is 4.98 Å². The lowest BCUT2D eigenvalue weighted by Gasteiger charge is -1.79. The number of hydrogen-bond acceptors (Lipinski definition) is 3. The van der Waals surface area contributed by atoms with E-state index in [4.69, 9.17) is 5.73 Å². The lowest BCUT2D eigenvalue weighted by Crippen LogP contribution is -2.18. The Kier molecular flexibility index (Phi) is 2.10. The normalized spacial score (nSPS) is 11.9. The third-order valence-corrected chi connectivity index (χ3v) is 2.00. The summed E-state index contributed by atoms with van der Waals surface area (Å²) in [7, 11) is 0. The predicted molar refractivity (Wildman–Crippen MR) is 50.6 cm³/mol. The van der Waals surface area contributed by atoms with E-state index in [-0.39, 0.29) is 0 Å². The second-order valence-electron chi connectivity index (χ2n) is 2.35. The minimum Gasteiger partial charge on any atom is -0.375 e. The molecule has 0 aliphatic carbocycles. The SMILES string of the molecule is C=C(C)/C=c1/sc(N)nc1=C.